The highest BCUT2D eigenvalue weighted by Gasteiger charge is 2.15. The van der Waals surface area contributed by atoms with Crippen molar-refractivity contribution in [3.63, 3.8) is 0 Å². The summed E-state index contributed by atoms with van der Waals surface area (Å²) in [5.74, 6) is 0.364. The molecule has 1 N–H and O–H groups in total. The Kier molecular flexibility index (Phi) is 6.17. The minimum absolute atomic E-state index is 0.233. The first-order valence-corrected chi connectivity index (χ1v) is 8.14. The fraction of sp³-hybridized carbons (Fsp3) is 0.235. The van der Waals surface area contributed by atoms with E-state index in [1.165, 1.54) is 0 Å². The molecule has 0 unspecified atom stereocenters. The molecular weight excluding hydrogens is 357 g/mol. The van der Waals surface area contributed by atoms with Gasteiger partial charge in [0.25, 0.3) is 5.91 Å². The van der Waals surface area contributed by atoms with Crippen LogP contribution in [0.25, 0.3) is 0 Å². The van der Waals surface area contributed by atoms with Gasteiger partial charge in [-0.1, -0.05) is 40.9 Å². The molecule has 0 aliphatic rings. The first-order chi connectivity index (χ1) is 10.9. The number of amides is 1. The highest BCUT2D eigenvalue weighted by atomic mass is 35.5. The summed E-state index contributed by atoms with van der Waals surface area (Å²) in [6.45, 7) is 3.87. The van der Waals surface area contributed by atoms with E-state index in [2.05, 4.69) is 5.32 Å². The van der Waals surface area contributed by atoms with Gasteiger partial charge in [0.2, 0.25) is 0 Å². The van der Waals surface area contributed by atoms with Crippen molar-refractivity contribution in [3.05, 3.63) is 62.6 Å². The molecule has 0 bridgehead atoms. The second kappa shape index (κ2) is 7.91. The molecule has 1 atom stereocenters. The zero-order valence-electron chi connectivity index (χ0n) is 12.7. The molecule has 2 rings (SSSR count). The largest absolute Gasteiger partial charge is 0.481 e. The quantitative estimate of drug-likeness (QED) is 0.798. The first kappa shape index (κ1) is 17.9. The van der Waals surface area contributed by atoms with Crippen LogP contribution < -0.4 is 10.1 Å². The number of rotatable bonds is 5. The van der Waals surface area contributed by atoms with E-state index in [1.54, 1.807) is 43.3 Å². The van der Waals surface area contributed by atoms with Crippen molar-refractivity contribution in [3.8, 4) is 5.75 Å². The standard InChI is InChI=1S/C17H16Cl3NO2/c1-10-7-14(5-6-15(10)19)23-11(2)17(22)21-9-12-3-4-13(18)8-16(12)20/h3-8,11H,9H2,1-2H3,(H,21,22)/t11-/m0/s1. The number of ether oxygens (including phenoxy) is 1. The van der Waals surface area contributed by atoms with Crippen LogP contribution in [0.2, 0.25) is 15.1 Å². The number of aryl methyl sites for hydroxylation is 1. The van der Waals surface area contributed by atoms with Gasteiger partial charge in [0.1, 0.15) is 5.75 Å². The van der Waals surface area contributed by atoms with Crippen molar-refractivity contribution < 1.29 is 9.53 Å². The van der Waals surface area contributed by atoms with Crippen LogP contribution in [0, 0.1) is 6.92 Å². The van der Waals surface area contributed by atoms with Crippen molar-refractivity contribution in [1.82, 2.24) is 5.32 Å². The van der Waals surface area contributed by atoms with Gasteiger partial charge in [-0.25, -0.2) is 0 Å². The van der Waals surface area contributed by atoms with Crippen LogP contribution >= 0.6 is 34.8 Å². The Labute approximate surface area is 150 Å². The molecule has 1 amide bonds. The van der Waals surface area contributed by atoms with Crippen LogP contribution in [-0.2, 0) is 11.3 Å². The Morgan fingerprint density at radius 3 is 2.52 bits per heavy atom. The predicted molar refractivity (Wildman–Crippen MR) is 94.6 cm³/mol. The third kappa shape index (κ3) is 5.03. The maximum Gasteiger partial charge on any atom is 0.261 e. The van der Waals surface area contributed by atoms with Crippen LogP contribution in [0.15, 0.2) is 36.4 Å². The summed E-state index contributed by atoms with van der Waals surface area (Å²) >= 11 is 17.9. The van der Waals surface area contributed by atoms with Crippen LogP contribution in [0.5, 0.6) is 5.75 Å². The molecule has 0 spiro atoms. The van der Waals surface area contributed by atoms with E-state index < -0.39 is 6.10 Å². The molecule has 6 heteroatoms. The number of halogens is 3. The van der Waals surface area contributed by atoms with Gasteiger partial charge in [0.15, 0.2) is 6.10 Å². The Morgan fingerprint density at radius 1 is 1.13 bits per heavy atom. The number of carbonyl (C=O) groups excluding carboxylic acids is 1. The SMILES string of the molecule is Cc1cc(O[C@@H](C)C(=O)NCc2ccc(Cl)cc2Cl)ccc1Cl. The van der Waals surface area contributed by atoms with E-state index in [1.807, 2.05) is 6.92 Å². The number of nitrogens with one attached hydrogen (secondary N) is 1. The van der Waals surface area contributed by atoms with Crippen molar-refractivity contribution in [2.75, 3.05) is 0 Å². The molecule has 2 aromatic carbocycles. The average Bonchev–Trinajstić information content (AvgIpc) is 2.49. The fourth-order valence-electron chi connectivity index (χ4n) is 1.94. The van der Waals surface area contributed by atoms with E-state index in [-0.39, 0.29) is 5.91 Å². The van der Waals surface area contributed by atoms with Crippen molar-refractivity contribution in [1.29, 1.82) is 0 Å². The Balaban J connectivity index is 1.93. The molecule has 0 saturated carbocycles. The topological polar surface area (TPSA) is 38.3 Å². The van der Waals surface area contributed by atoms with E-state index in [0.717, 1.165) is 11.1 Å². The molecule has 0 aliphatic heterocycles. The van der Waals surface area contributed by atoms with E-state index in [4.69, 9.17) is 39.5 Å². The number of benzene rings is 2. The molecule has 2 aromatic rings. The van der Waals surface area contributed by atoms with Crippen molar-refractivity contribution in [2.45, 2.75) is 26.5 Å². The predicted octanol–water partition coefficient (Wildman–Crippen LogP) is 5.04. The Hall–Kier alpha value is -1.42. The Bertz CT molecular complexity index is 719. The van der Waals surface area contributed by atoms with E-state index in [0.29, 0.717) is 27.4 Å². The maximum absolute atomic E-state index is 12.1. The average molecular weight is 373 g/mol. The summed E-state index contributed by atoms with van der Waals surface area (Å²) in [6, 6.07) is 10.4. The highest BCUT2D eigenvalue weighted by molar-refractivity contribution is 6.35. The summed E-state index contributed by atoms with van der Waals surface area (Å²) in [4.78, 5) is 12.1. The summed E-state index contributed by atoms with van der Waals surface area (Å²) < 4.78 is 5.62. The molecule has 0 aromatic heterocycles. The van der Waals surface area contributed by atoms with E-state index >= 15 is 0 Å². The molecular formula is C17H16Cl3NO2. The second-order valence-electron chi connectivity index (χ2n) is 5.12. The third-order valence-electron chi connectivity index (χ3n) is 3.28. The van der Waals surface area contributed by atoms with Gasteiger partial charge in [0.05, 0.1) is 0 Å². The monoisotopic (exact) mass is 371 g/mol. The summed E-state index contributed by atoms with van der Waals surface area (Å²) in [5.41, 5.74) is 1.68. The number of hydrogen-bond donors (Lipinski definition) is 1. The number of carbonyl (C=O) groups is 1. The summed E-state index contributed by atoms with van der Waals surface area (Å²) in [7, 11) is 0. The van der Waals surface area contributed by atoms with Crippen LogP contribution in [0.1, 0.15) is 18.1 Å². The number of hydrogen-bond acceptors (Lipinski definition) is 2. The van der Waals surface area contributed by atoms with Crippen LogP contribution in [0.4, 0.5) is 0 Å². The van der Waals surface area contributed by atoms with Gasteiger partial charge in [-0.05, 0) is 55.3 Å². The zero-order chi connectivity index (χ0) is 17.0. The fourth-order valence-corrected chi connectivity index (χ4v) is 2.53. The normalized spacial score (nSPS) is 11.9. The van der Waals surface area contributed by atoms with Gasteiger partial charge >= 0.3 is 0 Å². The van der Waals surface area contributed by atoms with Crippen molar-refractivity contribution in [2.24, 2.45) is 0 Å². The molecule has 0 radical (unpaired) electrons. The second-order valence-corrected chi connectivity index (χ2v) is 6.38. The smallest absolute Gasteiger partial charge is 0.261 e. The molecule has 0 heterocycles. The molecule has 0 saturated heterocycles. The lowest BCUT2D eigenvalue weighted by molar-refractivity contribution is -0.127. The van der Waals surface area contributed by atoms with Crippen LogP contribution in [-0.4, -0.2) is 12.0 Å². The van der Waals surface area contributed by atoms with E-state index in [9.17, 15) is 4.79 Å². The lowest BCUT2D eigenvalue weighted by atomic mass is 10.2. The molecule has 3 nitrogen and oxygen atoms in total. The van der Waals surface area contributed by atoms with Gasteiger partial charge in [-0.15, -0.1) is 0 Å². The Morgan fingerprint density at radius 2 is 1.87 bits per heavy atom. The summed E-state index contributed by atoms with van der Waals surface area (Å²) in [5, 5.41) is 4.52. The van der Waals surface area contributed by atoms with Gasteiger partial charge < -0.3 is 10.1 Å². The first-order valence-electron chi connectivity index (χ1n) is 7.01. The molecule has 0 aliphatic carbocycles. The lowest BCUT2D eigenvalue weighted by Crippen LogP contribution is -2.35. The third-order valence-corrected chi connectivity index (χ3v) is 4.29. The minimum Gasteiger partial charge on any atom is -0.481 e. The van der Waals surface area contributed by atoms with Gasteiger partial charge in [-0.2, -0.15) is 0 Å². The zero-order valence-corrected chi connectivity index (χ0v) is 15.0. The van der Waals surface area contributed by atoms with Gasteiger partial charge in [-0.3, -0.25) is 4.79 Å². The summed E-state index contributed by atoms with van der Waals surface area (Å²) in [6.07, 6.45) is -0.637. The lowest BCUT2D eigenvalue weighted by Gasteiger charge is -2.15. The maximum atomic E-state index is 12.1. The molecule has 23 heavy (non-hydrogen) atoms. The van der Waals surface area contributed by atoms with Crippen molar-refractivity contribution >= 4 is 40.7 Å². The van der Waals surface area contributed by atoms with Crippen LogP contribution in [0.3, 0.4) is 0 Å². The highest BCUT2D eigenvalue weighted by Crippen LogP contribution is 2.22. The molecule has 122 valence electrons. The van der Waals surface area contributed by atoms with Gasteiger partial charge in [0, 0.05) is 21.6 Å². The minimum atomic E-state index is -0.637. The molecule has 0 fully saturated rings.